The fourth-order valence-corrected chi connectivity index (χ4v) is 4.00. The minimum Gasteiger partial charge on any atom is -0.373 e. The van der Waals surface area contributed by atoms with Crippen LogP contribution in [-0.2, 0) is 4.74 Å². The van der Waals surface area contributed by atoms with Gasteiger partial charge in [-0.2, -0.15) is 0 Å². The van der Waals surface area contributed by atoms with Crippen molar-refractivity contribution in [1.29, 1.82) is 0 Å². The quantitative estimate of drug-likeness (QED) is 0.313. The van der Waals surface area contributed by atoms with Gasteiger partial charge >= 0.3 is 0 Å². The number of rotatable bonds is 15. The Morgan fingerprint density at radius 2 is 1.00 bits per heavy atom. The number of unbranched alkanes of at least 4 members (excludes halogenated alkanes) is 13. The van der Waals surface area contributed by atoms with E-state index in [-0.39, 0.29) is 0 Å². The smallest absolute Gasteiger partial charge is 0.0678 e. The number of hydrogen-bond donors (Lipinski definition) is 0. The third kappa shape index (κ3) is 12.3. The summed E-state index contributed by atoms with van der Waals surface area (Å²) in [5.74, 6) is 0. The normalized spacial score (nSPS) is 22.1. The Morgan fingerprint density at radius 1 is 0.625 bits per heavy atom. The lowest BCUT2D eigenvalue weighted by Gasteiger charge is -2.35. The third-order valence-electron chi connectivity index (χ3n) is 5.32. The molecule has 0 radical (unpaired) electrons. The molecule has 1 aliphatic heterocycles. The lowest BCUT2D eigenvalue weighted by Crippen LogP contribution is -2.45. The van der Waals surface area contributed by atoms with Gasteiger partial charge in [-0.3, -0.25) is 4.90 Å². The van der Waals surface area contributed by atoms with Gasteiger partial charge < -0.3 is 4.74 Å². The highest BCUT2D eigenvalue weighted by Gasteiger charge is 2.21. The number of nitrogens with zero attached hydrogens (tertiary/aromatic N) is 1. The van der Waals surface area contributed by atoms with Gasteiger partial charge in [0.25, 0.3) is 0 Å². The van der Waals surface area contributed by atoms with Gasteiger partial charge in [-0.15, -0.1) is 0 Å². The largest absolute Gasteiger partial charge is 0.373 e. The maximum absolute atomic E-state index is 5.80. The molecule has 144 valence electrons. The standard InChI is InChI=1S/C22H45NO/c1-4-5-6-7-8-9-10-11-12-13-14-15-16-17-18-23-19-21(2)24-22(3)20-23/h21-22H,4-20H2,1-3H3. The molecule has 1 fully saturated rings. The van der Waals surface area contributed by atoms with Crippen LogP contribution in [0.15, 0.2) is 0 Å². The van der Waals surface area contributed by atoms with E-state index in [0.29, 0.717) is 12.2 Å². The van der Waals surface area contributed by atoms with Gasteiger partial charge in [0.1, 0.15) is 0 Å². The zero-order valence-electron chi connectivity index (χ0n) is 17.0. The number of morpholine rings is 1. The summed E-state index contributed by atoms with van der Waals surface area (Å²) in [6, 6.07) is 0. The van der Waals surface area contributed by atoms with E-state index in [2.05, 4.69) is 25.7 Å². The van der Waals surface area contributed by atoms with Crippen molar-refractivity contribution >= 4 is 0 Å². The molecule has 0 spiro atoms. The Hall–Kier alpha value is -0.0800. The monoisotopic (exact) mass is 339 g/mol. The van der Waals surface area contributed by atoms with Crippen LogP contribution in [0.2, 0.25) is 0 Å². The Labute approximate surface area is 152 Å². The number of ether oxygens (including phenoxy) is 1. The average Bonchev–Trinajstić information content (AvgIpc) is 2.54. The van der Waals surface area contributed by atoms with Gasteiger partial charge in [-0.25, -0.2) is 0 Å². The van der Waals surface area contributed by atoms with E-state index in [1.807, 2.05) is 0 Å². The molecule has 0 aromatic heterocycles. The molecule has 1 saturated heterocycles. The molecular formula is C22H45NO. The Morgan fingerprint density at radius 3 is 1.42 bits per heavy atom. The highest BCUT2D eigenvalue weighted by Crippen LogP contribution is 2.14. The highest BCUT2D eigenvalue weighted by atomic mass is 16.5. The van der Waals surface area contributed by atoms with Crippen LogP contribution in [0.3, 0.4) is 0 Å². The Bertz CT molecular complexity index is 259. The fraction of sp³-hybridized carbons (Fsp3) is 1.00. The molecule has 0 N–H and O–H groups in total. The van der Waals surface area contributed by atoms with E-state index in [1.54, 1.807) is 0 Å². The van der Waals surface area contributed by atoms with Crippen LogP contribution in [0.5, 0.6) is 0 Å². The van der Waals surface area contributed by atoms with Gasteiger partial charge in [-0.1, -0.05) is 90.4 Å². The first-order chi connectivity index (χ1) is 11.7. The van der Waals surface area contributed by atoms with E-state index < -0.39 is 0 Å². The molecule has 0 aromatic rings. The molecule has 1 heterocycles. The Balaban J connectivity index is 1.76. The second-order valence-electron chi connectivity index (χ2n) is 8.11. The maximum Gasteiger partial charge on any atom is 0.0678 e. The van der Waals surface area contributed by atoms with Gasteiger partial charge in [0.15, 0.2) is 0 Å². The molecule has 2 nitrogen and oxygen atoms in total. The summed E-state index contributed by atoms with van der Waals surface area (Å²) in [4.78, 5) is 2.60. The first-order valence-electron chi connectivity index (χ1n) is 11.1. The van der Waals surface area contributed by atoms with Crippen molar-refractivity contribution in [2.24, 2.45) is 0 Å². The van der Waals surface area contributed by atoms with E-state index in [1.165, 1.54) is 96.4 Å². The third-order valence-corrected chi connectivity index (χ3v) is 5.32. The van der Waals surface area contributed by atoms with Crippen LogP contribution in [0.25, 0.3) is 0 Å². The average molecular weight is 340 g/mol. The first-order valence-corrected chi connectivity index (χ1v) is 11.1. The Kier molecular flexibility index (Phi) is 13.9. The molecule has 1 aliphatic rings. The summed E-state index contributed by atoms with van der Waals surface area (Å²) in [7, 11) is 0. The maximum atomic E-state index is 5.80. The first kappa shape index (κ1) is 22.0. The molecule has 0 aromatic carbocycles. The van der Waals surface area contributed by atoms with Crippen molar-refractivity contribution in [1.82, 2.24) is 4.90 Å². The molecule has 24 heavy (non-hydrogen) atoms. The fourth-order valence-electron chi connectivity index (χ4n) is 4.00. The molecule has 0 amide bonds. The summed E-state index contributed by atoms with van der Waals surface area (Å²) in [6.45, 7) is 10.2. The summed E-state index contributed by atoms with van der Waals surface area (Å²) >= 11 is 0. The van der Waals surface area contributed by atoms with Crippen LogP contribution in [0.1, 0.15) is 111 Å². The van der Waals surface area contributed by atoms with E-state index in [4.69, 9.17) is 4.74 Å². The van der Waals surface area contributed by atoms with Crippen molar-refractivity contribution in [2.75, 3.05) is 19.6 Å². The van der Waals surface area contributed by atoms with Gasteiger partial charge in [0.05, 0.1) is 12.2 Å². The second kappa shape index (κ2) is 15.2. The molecule has 2 heteroatoms. The highest BCUT2D eigenvalue weighted by molar-refractivity contribution is 4.72. The summed E-state index contributed by atoms with van der Waals surface area (Å²) < 4.78 is 5.80. The van der Waals surface area contributed by atoms with Crippen LogP contribution < -0.4 is 0 Å². The van der Waals surface area contributed by atoms with Crippen LogP contribution in [0, 0.1) is 0 Å². The summed E-state index contributed by atoms with van der Waals surface area (Å²) in [5, 5.41) is 0. The van der Waals surface area contributed by atoms with Gasteiger partial charge in [-0.05, 0) is 26.8 Å². The molecule has 2 atom stereocenters. The minimum absolute atomic E-state index is 0.417. The van der Waals surface area contributed by atoms with Crippen molar-refractivity contribution < 1.29 is 4.74 Å². The topological polar surface area (TPSA) is 12.5 Å². The van der Waals surface area contributed by atoms with Crippen molar-refractivity contribution in [2.45, 2.75) is 123 Å². The number of hydrogen-bond acceptors (Lipinski definition) is 2. The predicted molar refractivity (Wildman–Crippen MR) is 107 cm³/mol. The van der Waals surface area contributed by atoms with E-state index in [9.17, 15) is 0 Å². The molecule has 0 aliphatic carbocycles. The van der Waals surface area contributed by atoms with Crippen molar-refractivity contribution in [3.63, 3.8) is 0 Å². The lowest BCUT2D eigenvalue weighted by atomic mass is 10.0. The zero-order chi connectivity index (χ0) is 17.5. The lowest BCUT2D eigenvalue weighted by molar-refractivity contribution is -0.0681. The molecule has 0 bridgehead atoms. The molecular weight excluding hydrogens is 294 g/mol. The summed E-state index contributed by atoms with van der Waals surface area (Å²) in [5.41, 5.74) is 0. The van der Waals surface area contributed by atoms with E-state index in [0.717, 1.165) is 13.1 Å². The van der Waals surface area contributed by atoms with Crippen molar-refractivity contribution in [3.05, 3.63) is 0 Å². The molecule has 2 unspecified atom stereocenters. The van der Waals surface area contributed by atoms with Gasteiger partial charge in [0.2, 0.25) is 0 Å². The SMILES string of the molecule is CCCCCCCCCCCCCCCCN1CC(C)OC(C)C1. The zero-order valence-corrected chi connectivity index (χ0v) is 17.0. The van der Waals surface area contributed by atoms with Crippen LogP contribution >= 0.6 is 0 Å². The second-order valence-corrected chi connectivity index (χ2v) is 8.11. The molecule has 0 saturated carbocycles. The minimum atomic E-state index is 0.417. The van der Waals surface area contributed by atoms with Crippen LogP contribution in [0.4, 0.5) is 0 Å². The van der Waals surface area contributed by atoms with Crippen molar-refractivity contribution in [3.8, 4) is 0 Å². The van der Waals surface area contributed by atoms with Gasteiger partial charge in [0, 0.05) is 13.1 Å². The predicted octanol–water partition coefficient (Wildman–Crippen LogP) is 6.58. The molecule has 1 rings (SSSR count). The van der Waals surface area contributed by atoms with Crippen LogP contribution in [-0.4, -0.2) is 36.7 Å². The van der Waals surface area contributed by atoms with E-state index >= 15 is 0 Å². The summed E-state index contributed by atoms with van der Waals surface area (Å²) in [6.07, 6.45) is 21.0.